The molecule has 0 aliphatic heterocycles. The van der Waals surface area contributed by atoms with E-state index in [1.54, 1.807) is 18.2 Å². The molecule has 0 saturated carbocycles. The molecule has 0 radical (unpaired) electrons. The van der Waals surface area contributed by atoms with E-state index in [1.165, 1.54) is 12.5 Å². The molecule has 0 spiro atoms. The lowest BCUT2D eigenvalue weighted by atomic mass is 10.1. The van der Waals surface area contributed by atoms with Crippen molar-refractivity contribution < 1.29 is 28.5 Å². The molecule has 0 aliphatic carbocycles. The largest absolute Gasteiger partial charge is 0.504 e. The fourth-order valence-corrected chi connectivity index (χ4v) is 2.70. The minimum Gasteiger partial charge on any atom is -0.504 e. The zero-order chi connectivity index (χ0) is 22.1. The Kier molecular flexibility index (Phi) is 8.53. The third-order valence-electron chi connectivity index (χ3n) is 4.23. The van der Waals surface area contributed by atoms with E-state index in [0.717, 1.165) is 18.4 Å². The second kappa shape index (κ2) is 11.1. The van der Waals surface area contributed by atoms with E-state index >= 15 is 0 Å². The summed E-state index contributed by atoms with van der Waals surface area (Å²) in [5.41, 5.74) is 1.70. The monoisotopic (exact) mass is 416 g/mol. The average Bonchev–Trinajstić information content (AvgIpc) is 2.67. The van der Waals surface area contributed by atoms with E-state index in [0.29, 0.717) is 5.39 Å². The molecule has 0 amide bonds. The van der Waals surface area contributed by atoms with Crippen molar-refractivity contribution in [2.24, 2.45) is 0 Å². The van der Waals surface area contributed by atoms with Crippen LogP contribution in [0.25, 0.3) is 11.0 Å². The van der Waals surface area contributed by atoms with Crippen LogP contribution in [0.2, 0.25) is 0 Å². The van der Waals surface area contributed by atoms with E-state index in [9.17, 15) is 14.7 Å². The fourth-order valence-electron chi connectivity index (χ4n) is 2.70. The maximum absolute atomic E-state index is 12.3. The summed E-state index contributed by atoms with van der Waals surface area (Å²) >= 11 is 0. The Hall–Kier alpha value is -3.22. The lowest BCUT2D eigenvalue weighted by molar-refractivity contribution is -0.141. The summed E-state index contributed by atoms with van der Waals surface area (Å²) < 4.78 is 21.1. The zero-order valence-electron chi connectivity index (χ0n) is 17.8. The van der Waals surface area contributed by atoms with E-state index < -0.39 is 11.6 Å². The SMILES string of the molecule is CC(=O)OCCOc1cccc2c(O)c(OC/C=C(\C)CCC=C(C)C)c(=O)oc12. The summed E-state index contributed by atoms with van der Waals surface area (Å²) in [7, 11) is 0. The van der Waals surface area contributed by atoms with Gasteiger partial charge in [-0.3, -0.25) is 4.79 Å². The summed E-state index contributed by atoms with van der Waals surface area (Å²) in [5, 5.41) is 10.8. The van der Waals surface area contributed by atoms with E-state index in [1.807, 2.05) is 13.0 Å². The summed E-state index contributed by atoms with van der Waals surface area (Å²) in [6.45, 7) is 7.69. The fraction of sp³-hybridized carbons (Fsp3) is 0.391. The van der Waals surface area contributed by atoms with Crippen molar-refractivity contribution >= 4 is 16.9 Å². The number of hydrogen-bond donors (Lipinski definition) is 1. The molecule has 1 aromatic carbocycles. The highest BCUT2D eigenvalue weighted by molar-refractivity contribution is 5.89. The smallest absolute Gasteiger partial charge is 0.383 e. The molecular formula is C23H28O7. The predicted octanol–water partition coefficient (Wildman–Crippen LogP) is 4.51. The second-order valence-corrected chi connectivity index (χ2v) is 7.07. The molecule has 1 heterocycles. The van der Waals surface area contributed by atoms with Crippen molar-refractivity contribution in [1.82, 2.24) is 0 Å². The number of fused-ring (bicyclic) bond motifs is 1. The molecule has 0 saturated heterocycles. The highest BCUT2D eigenvalue weighted by atomic mass is 16.6. The van der Waals surface area contributed by atoms with E-state index in [-0.39, 0.29) is 42.7 Å². The Bertz CT molecular complexity index is 995. The summed E-state index contributed by atoms with van der Waals surface area (Å²) in [5.74, 6) is -0.701. The number of aromatic hydroxyl groups is 1. The Labute approximate surface area is 175 Å². The van der Waals surface area contributed by atoms with Gasteiger partial charge in [-0.05, 0) is 51.8 Å². The first-order chi connectivity index (χ1) is 14.3. The van der Waals surface area contributed by atoms with Gasteiger partial charge in [-0.25, -0.2) is 4.79 Å². The molecule has 1 aromatic heterocycles. The number of benzene rings is 1. The van der Waals surface area contributed by atoms with Crippen LogP contribution in [0.15, 0.2) is 50.7 Å². The van der Waals surface area contributed by atoms with Gasteiger partial charge in [0.1, 0.15) is 19.8 Å². The molecule has 1 N–H and O–H groups in total. The zero-order valence-corrected chi connectivity index (χ0v) is 17.8. The minimum absolute atomic E-state index is 0.0580. The van der Waals surface area contributed by atoms with Crippen LogP contribution in [-0.4, -0.2) is 30.9 Å². The van der Waals surface area contributed by atoms with Gasteiger partial charge in [0.25, 0.3) is 0 Å². The maximum Gasteiger partial charge on any atom is 0.383 e. The van der Waals surface area contributed by atoms with Gasteiger partial charge in [-0.1, -0.05) is 23.3 Å². The average molecular weight is 416 g/mol. The van der Waals surface area contributed by atoms with Crippen LogP contribution in [0.4, 0.5) is 0 Å². The van der Waals surface area contributed by atoms with Gasteiger partial charge < -0.3 is 23.7 Å². The standard InChI is InChI=1S/C23H28O7/c1-15(2)7-5-8-16(3)11-12-29-22-20(25)18-9-6-10-19(21(18)30-23(22)26)28-14-13-27-17(4)24/h6-7,9-11,25H,5,8,12-14H2,1-4H3/b16-11+. The van der Waals surface area contributed by atoms with Crippen LogP contribution in [-0.2, 0) is 9.53 Å². The molecule has 0 atom stereocenters. The molecule has 0 fully saturated rings. The quantitative estimate of drug-likeness (QED) is 0.263. The molecule has 162 valence electrons. The van der Waals surface area contributed by atoms with E-state index in [4.69, 9.17) is 18.6 Å². The van der Waals surface area contributed by atoms with Crippen molar-refractivity contribution in [3.05, 3.63) is 51.9 Å². The molecule has 2 rings (SSSR count). The first kappa shape index (κ1) is 23.1. The topological polar surface area (TPSA) is 95.2 Å². The first-order valence-corrected chi connectivity index (χ1v) is 9.76. The van der Waals surface area contributed by atoms with Gasteiger partial charge in [0.05, 0.1) is 5.39 Å². The van der Waals surface area contributed by atoms with Crippen LogP contribution in [0, 0.1) is 0 Å². The summed E-state index contributed by atoms with van der Waals surface area (Å²) in [4.78, 5) is 23.2. The molecule has 0 aliphatic rings. The number of carbonyl (C=O) groups is 1. The summed E-state index contributed by atoms with van der Waals surface area (Å²) in [6, 6.07) is 4.84. The van der Waals surface area contributed by atoms with Crippen LogP contribution >= 0.6 is 0 Å². The Morgan fingerprint density at radius 1 is 1.10 bits per heavy atom. The number of hydrogen-bond acceptors (Lipinski definition) is 7. The molecule has 0 bridgehead atoms. The molecule has 2 aromatic rings. The minimum atomic E-state index is -0.799. The summed E-state index contributed by atoms with van der Waals surface area (Å²) in [6.07, 6.45) is 5.86. The molecule has 30 heavy (non-hydrogen) atoms. The van der Waals surface area contributed by atoms with Gasteiger partial charge in [0.15, 0.2) is 17.1 Å². The number of ether oxygens (including phenoxy) is 3. The number of allylic oxidation sites excluding steroid dienone is 3. The number of esters is 1. The van der Waals surface area contributed by atoms with Gasteiger partial charge in [-0.2, -0.15) is 0 Å². The van der Waals surface area contributed by atoms with Crippen molar-refractivity contribution in [3.8, 4) is 17.2 Å². The maximum atomic E-state index is 12.3. The number of para-hydroxylation sites is 1. The Morgan fingerprint density at radius 3 is 2.57 bits per heavy atom. The second-order valence-electron chi connectivity index (χ2n) is 7.07. The highest BCUT2D eigenvalue weighted by Crippen LogP contribution is 2.35. The third kappa shape index (κ3) is 6.69. The Morgan fingerprint density at radius 2 is 1.87 bits per heavy atom. The Balaban J connectivity index is 2.12. The lowest BCUT2D eigenvalue weighted by Crippen LogP contribution is -2.11. The molecular weight excluding hydrogens is 388 g/mol. The van der Waals surface area contributed by atoms with Gasteiger partial charge in [-0.15, -0.1) is 0 Å². The first-order valence-electron chi connectivity index (χ1n) is 9.76. The van der Waals surface area contributed by atoms with Gasteiger partial charge >= 0.3 is 11.6 Å². The van der Waals surface area contributed by atoms with Gasteiger partial charge in [0, 0.05) is 6.92 Å². The van der Waals surface area contributed by atoms with E-state index in [2.05, 4.69) is 19.9 Å². The molecule has 7 nitrogen and oxygen atoms in total. The van der Waals surface area contributed by atoms with Crippen LogP contribution in [0.1, 0.15) is 40.5 Å². The number of carbonyl (C=O) groups excluding carboxylic acids is 1. The highest BCUT2D eigenvalue weighted by Gasteiger charge is 2.18. The molecule has 7 heteroatoms. The third-order valence-corrected chi connectivity index (χ3v) is 4.23. The van der Waals surface area contributed by atoms with Crippen molar-refractivity contribution in [2.75, 3.05) is 19.8 Å². The molecule has 0 unspecified atom stereocenters. The van der Waals surface area contributed by atoms with Crippen LogP contribution in [0.3, 0.4) is 0 Å². The van der Waals surface area contributed by atoms with Crippen LogP contribution in [0.5, 0.6) is 17.2 Å². The van der Waals surface area contributed by atoms with Crippen LogP contribution < -0.4 is 15.1 Å². The van der Waals surface area contributed by atoms with Gasteiger partial charge in [0.2, 0.25) is 5.75 Å². The predicted molar refractivity (Wildman–Crippen MR) is 114 cm³/mol. The number of rotatable bonds is 10. The lowest BCUT2D eigenvalue weighted by Gasteiger charge is -2.11. The van der Waals surface area contributed by atoms with Crippen molar-refractivity contribution in [2.45, 2.75) is 40.5 Å². The van der Waals surface area contributed by atoms with Crippen molar-refractivity contribution in [3.63, 3.8) is 0 Å². The van der Waals surface area contributed by atoms with Crippen molar-refractivity contribution in [1.29, 1.82) is 0 Å². The normalized spacial score (nSPS) is 11.3.